The molecular formula is C17H18BrN3O2. The normalized spacial score (nSPS) is 11.6. The number of aryl methyl sites for hydroxylation is 1. The molecule has 0 saturated heterocycles. The van der Waals surface area contributed by atoms with Crippen LogP contribution in [0.3, 0.4) is 0 Å². The zero-order valence-corrected chi connectivity index (χ0v) is 15.1. The Morgan fingerprint density at radius 3 is 2.17 bits per heavy atom. The first-order valence-electron chi connectivity index (χ1n) is 7.39. The fourth-order valence-electron chi connectivity index (χ4n) is 2.87. The van der Waals surface area contributed by atoms with E-state index in [1.807, 2.05) is 30.5 Å². The van der Waals surface area contributed by atoms with Gasteiger partial charge in [-0.15, -0.1) is 0 Å². The minimum Gasteiger partial charge on any atom is -0.342 e. The Bertz CT molecular complexity index is 1010. The molecular weight excluding hydrogens is 358 g/mol. The minimum absolute atomic E-state index is 0.167. The highest BCUT2D eigenvalue weighted by atomic mass is 79.9. The van der Waals surface area contributed by atoms with Crippen molar-refractivity contribution in [3.8, 4) is 11.3 Å². The number of nitrogens with zero attached hydrogens (tertiary/aromatic N) is 3. The SMILES string of the molecule is CC(C)n1cc2c(c1-c1ccc(Br)cc1)c(=O)n(C)c(=O)n2C. The molecule has 0 radical (unpaired) electrons. The number of hydrogen-bond donors (Lipinski definition) is 0. The van der Waals surface area contributed by atoms with E-state index in [4.69, 9.17) is 0 Å². The molecule has 0 aliphatic heterocycles. The molecule has 0 bridgehead atoms. The van der Waals surface area contributed by atoms with Crippen LogP contribution < -0.4 is 11.2 Å². The summed E-state index contributed by atoms with van der Waals surface area (Å²) in [6.45, 7) is 4.12. The second-order valence-corrected chi connectivity index (χ2v) is 6.87. The van der Waals surface area contributed by atoms with Crippen molar-refractivity contribution in [2.75, 3.05) is 0 Å². The Labute approximate surface area is 141 Å². The number of hydrogen-bond acceptors (Lipinski definition) is 2. The first kappa shape index (κ1) is 15.8. The number of benzene rings is 1. The first-order chi connectivity index (χ1) is 10.8. The molecule has 0 aliphatic rings. The number of halogens is 1. The van der Waals surface area contributed by atoms with Gasteiger partial charge in [-0.05, 0) is 31.5 Å². The quantitative estimate of drug-likeness (QED) is 0.690. The average molecular weight is 376 g/mol. The van der Waals surface area contributed by atoms with Crippen LogP contribution in [0.1, 0.15) is 19.9 Å². The van der Waals surface area contributed by atoms with E-state index in [0.717, 1.165) is 20.3 Å². The van der Waals surface area contributed by atoms with Crippen LogP contribution >= 0.6 is 15.9 Å². The van der Waals surface area contributed by atoms with Crippen molar-refractivity contribution in [2.45, 2.75) is 19.9 Å². The molecule has 0 spiro atoms. The molecule has 1 aromatic carbocycles. The Hall–Kier alpha value is -2.08. The smallest absolute Gasteiger partial charge is 0.330 e. The van der Waals surface area contributed by atoms with Crippen molar-refractivity contribution in [1.82, 2.24) is 13.7 Å². The van der Waals surface area contributed by atoms with Crippen molar-refractivity contribution in [3.63, 3.8) is 0 Å². The van der Waals surface area contributed by atoms with Crippen LogP contribution in [0.5, 0.6) is 0 Å². The molecule has 120 valence electrons. The van der Waals surface area contributed by atoms with Gasteiger partial charge in [0.1, 0.15) is 0 Å². The summed E-state index contributed by atoms with van der Waals surface area (Å²) in [6.07, 6.45) is 1.89. The molecule has 5 nitrogen and oxygen atoms in total. The summed E-state index contributed by atoms with van der Waals surface area (Å²) >= 11 is 3.44. The van der Waals surface area contributed by atoms with Crippen LogP contribution in [0, 0.1) is 0 Å². The summed E-state index contributed by atoms with van der Waals surface area (Å²) < 4.78 is 5.72. The molecule has 23 heavy (non-hydrogen) atoms. The Morgan fingerprint density at radius 1 is 1.00 bits per heavy atom. The van der Waals surface area contributed by atoms with Gasteiger partial charge in [0.15, 0.2) is 0 Å². The van der Waals surface area contributed by atoms with Gasteiger partial charge in [-0.3, -0.25) is 13.9 Å². The molecule has 2 heterocycles. The van der Waals surface area contributed by atoms with Gasteiger partial charge in [0, 0.05) is 30.8 Å². The molecule has 0 unspecified atom stereocenters. The van der Waals surface area contributed by atoms with E-state index in [2.05, 4.69) is 34.3 Å². The van der Waals surface area contributed by atoms with E-state index in [1.165, 1.54) is 11.6 Å². The van der Waals surface area contributed by atoms with Crippen molar-refractivity contribution >= 4 is 26.8 Å². The largest absolute Gasteiger partial charge is 0.342 e. The standard InChI is InChI=1S/C17H18BrN3O2/c1-10(2)21-9-13-14(16(22)20(4)17(23)19(13)3)15(21)11-5-7-12(18)8-6-11/h5-10H,1-4H3. The van der Waals surface area contributed by atoms with Gasteiger partial charge in [-0.2, -0.15) is 0 Å². The first-order valence-corrected chi connectivity index (χ1v) is 8.18. The second kappa shape index (κ2) is 5.53. The molecule has 3 aromatic rings. The lowest BCUT2D eigenvalue weighted by atomic mass is 10.1. The predicted molar refractivity (Wildman–Crippen MR) is 95.9 cm³/mol. The van der Waals surface area contributed by atoms with Crippen LogP contribution in [0.2, 0.25) is 0 Å². The van der Waals surface area contributed by atoms with Crippen molar-refractivity contribution in [3.05, 3.63) is 55.8 Å². The second-order valence-electron chi connectivity index (χ2n) is 5.95. The Balaban J connectivity index is 2.53. The Morgan fingerprint density at radius 2 is 1.61 bits per heavy atom. The number of rotatable bonds is 2. The summed E-state index contributed by atoms with van der Waals surface area (Å²) in [5.41, 5.74) is 1.88. The third kappa shape index (κ3) is 2.37. The highest BCUT2D eigenvalue weighted by Gasteiger charge is 2.20. The molecule has 0 amide bonds. The predicted octanol–water partition coefficient (Wildman–Crippen LogP) is 3.05. The number of fused-ring (bicyclic) bond motifs is 1. The van der Waals surface area contributed by atoms with Gasteiger partial charge >= 0.3 is 5.69 Å². The summed E-state index contributed by atoms with van der Waals surface area (Å²) in [6, 6.07) is 8.02. The molecule has 0 N–H and O–H groups in total. The van der Waals surface area contributed by atoms with Crippen LogP contribution in [-0.2, 0) is 14.1 Å². The highest BCUT2D eigenvalue weighted by molar-refractivity contribution is 9.10. The van der Waals surface area contributed by atoms with E-state index >= 15 is 0 Å². The minimum atomic E-state index is -0.314. The summed E-state index contributed by atoms with van der Waals surface area (Å²) in [5, 5.41) is 0.575. The highest BCUT2D eigenvalue weighted by Crippen LogP contribution is 2.31. The maximum Gasteiger partial charge on any atom is 0.330 e. The molecule has 0 atom stereocenters. The van der Waals surface area contributed by atoms with E-state index < -0.39 is 0 Å². The number of aromatic nitrogens is 3. The molecule has 6 heteroatoms. The lowest BCUT2D eigenvalue weighted by Gasteiger charge is -2.13. The fraction of sp³-hybridized carbons (Fsp3) is 0.294. The van der Waals surface area contributed by atoms with E-state index in [9.17, 15) is 9.59 Å². The third-order valence-electron chi connectivity index (χ3n) is 4.14. The lowest BCUT2D eigenvalue weighted by molar-refractivity contribution is 0.610. The van der Waals surface area contributed by atoms with Crippen LogP contribution in [0.15, 0.2) is 44.5 Å². The zero-order chi connectivity index (χ0) is 16.9. The van der Waals surface area contributed by atoms with Crippen molar-refractivity contribution in [1.29, 1.82) is 0 Å². The van der Waals surface area contributed by atoms with Gasteiger partial charge in [0.05, 0.1) is 16.6 Å². The summed E-state index contributed by atoms with van der Waals surface area (Å²) in [7, 11) is 3.21. The zero-order valence-electron chi connectivity index (χ0n) is 13.5. The molecule has 2 aromatic heterocycles. The van der Waals surface area contributed by atoms with Gasteiger partial charge in [0.2, 0.25) is 0 Å². The summed E-state index contributed by atoms with van der Waals surface area (Å²) in [4.78, 5) is 24.9. The van der Waals surface area contributed by atoms with Crippen LogP contribution in [0.4, 0.5) is 0 Å². The topological polar surface area (TPSA) is 48.9 Å². The molecule has 0 fully saturated rings. The van der Waals surface area contributed by atoms with Crippen LogP contribution in [-0.4, -0.2) is 13.7 Å². The molecule has 0 aliphatic carbocycles. The van der Waals surface area contributed by atoms with E-state index in [0.29, 0.717) is 10.9 Å². The molecule has 0 saturated carbocycles. The van der Waals surface area contributed by atoms with Gasteiger partial charge in [0.25, 0.3) is 5.56 Å². The fourth-order valence-corrected chi connectivity index (χ4v) is 3.13. The third-order valence-corrected chi connectivity index (χ3v) is 4.67. The van der Waals surface area contributed by atoms with Gasteiger partial charge in [-0.1, -0.05) is 28.1 Å². The average Bonchev–Trinajstić information content (AvgIpc) is 2.92. The molecule has 3 rings (SSSR count). The van der Waals surface area contributed by atoms with Crippen molar-refractivity contribution < 1.29 is 0 Å². The van der Waals surface area contributed by atoms with Gasteiger partial charge in [-0.25, -0.2) is 4.79 Å². The van der Waals surface area contributed by atoms with Crippen molar-refractivity contribution in [2.24, 2.45) is 14.1 Å². The van der Waals surface area contributed by atoms with E-state index in [-0.39, 0.29) is 17.3 Å². The van der Waals surface area contributed by atoms with E-state index in [1.54, 1.807) is 7.05 Å². The summed E-state index contributed by atoms with van der Waals surface area (Å²) in [5.74, 6) is 0. The van der Waals surface area contributed by atoms with Gasteiger partial charge < -0.3 is 4.57 Å². The lowest BCUT2D eigenvalue weighted by Crippen LogP contribution is -2.36. The maximum atomic E-state index is 12.7. The monoisotopic (exact) mass is 375 g/mol. The maximum absolute atomic E-state index is 12.7. The van der Waals surface area contributed by atoms with Crippen LogP contribution in [0.25, 0.3) is 22.2 Å². The Kier molecular flexibility index (Phi) is 3.80.